The van der Waals surface area contributed by atoms with Gasteiger partial charge in [-0.3, -0.25) is 4.90 Å². The standard InChI is InChI=1S/C14H21BrN2O2/c1-2-19-14-4-3-11(15)9-12(14)13(18)10-17-7-5-16-6-8-17/h3-4,9,13,16,18H,2,5-8,10H2,1H3. The molecule has 1 saturated heterocycles. The summed E-state index contributed by atoms with van der Waals surface area (Å²) in [5, 5.41) is 13.8. The van der Waals surface area contributed by atoms with Crippen LogP contribution in [0.1, 0.15) is 18.6 Å². The second kappa shape index (κ2) is 7.24. The lowest BCUT2D eigenvalue weighted by Gasteiger charge is -2.29. The molecule has 0 bridgehead atoms. The van der Waals surface area contributed by atoms with E-state index in [0.29, 0.717) is 13.2 Å². The molecule has 2 N–H and O–H groups in total. The number of piperazine rings is 1. The maximum atomic E-state index is 10.4. The van der Waals surface area contributed by atoms with Crippen molar-refractivity contribution in [1.29, 1.82) is 0 Å². The quantitative estimate of drug-likeness (QED) is 0.865. The fraction of sp³-hybridized carbons (Fsp3) is 0.571. The number of aliphatic hydroxyl groups excluding tert-OH is 1. The zero-order valence-corrected chi connectivity index (χ0v) is 12.8. The molecule has 1 aliphatic heterocycles. The molecule has 0 aromatic heterocycles. The average Bonchev–Trinajstić information content (AvgIpc) is 2.42. The zero-order valence-electron chi connectivity index (χ0n) is 11.2. The molecule has 1 aromatic carbocycles. The van der Waals surface area contributed by atoms with Gasteiger partial charge in [0.25, 0.3) is 0 Å². The molecular formula is C14H21BrN2O2. The molecule has 1 unspecified atom stereocenters. The lowest BCUT2D eigenvalue weighted by atomic mass is 10.1. The van der Waals surface area contributed by atoms with Crippen LogP contribution in [0, 0.1) is 0 Å². The van der Waals surface area contributed by atoms with Crippen LogP contribution in [0.3, 0.4) is 0 Å². The van der Waals surface area contributed by atoms with Gasteiger partial charge in [0.1, 0.15) is 5.75 Å². The topological polar surface area (TPSA) is 44.7 Å². The largest absolute Gasteiger partial charge is 0.493 e. The molecule has 2 rings (SSSR count). The van der Waals surface area contributed by atoms with Crippen molar-refractivity contribution < 1.29 is 9.84 Å². The summed E-state index contributed by atoms with van der Waals surface area (Å²) in [5.41, 5.74) is 0.856. The van der Waals surface area contributed by atoms with Gasteiger partial charge in [0, 0.05) is 42.8 Å². The van der Waals surface area contributed by atoms with Gasteiger partial charge in [-0.2, -0.15) is 0 Å². The van der Waals surface area contributed by atoms with Gasteiger partial charge >= 0.3 is 0 Å². The lowest BCUT2D eigenvalue weighted by molar-refractivity contribution is 0.103. The molecular weight excluding hydrogens is 308 g/mol. The maximum absolute atomic E-state index is 10.4. The number of hydrogen-bond acceptors (Lipinski definition) is 4. The number of hydrogen-bond donors (Lipinski definition) is 2. The Morgan fingerprint density at radius 3 is 2.84 bits per heavy atom. The van der Waals surface area contributed by atoms with Crippen molar-refractivity contribution >= 4 is 15.9 Å². The van der Waals surface area contributed by atoms with E-state index in [4.69, 9.17) is 4.74 Å². The van der Waals surface area contributed by atoms with E-state index in [1.54, 1.807) is 0 Å². The minimum atomic E-state index is -0.517. The SMILES string of the molecule is CCOc1ccc(Br)cc1C(O)CN1CCNCC1. The van der Waals surface area contributed by atoms with E-state index in [9.17, 15) is 5.11 Å². The first-order valence-corrected chi connectivity index (χ1v) is 7.53. The minimum absolute atomic E-state index is 0.517. The molecule has 106 valence electrons. The summed E-state index contributed by atoms with van der Waals surface area (Å²) in [4.78, 5) is 2.28. The van der Waals surface area contributed by atoms with Gasteiger partial charge < -0.3 is 15.2 Å². The van der Waals surface area contributed by atoms with E-state index >= 15 is 0 Å². The van der Waals surface area contributed by atoms with Crippen LogP contribution in [0.5, 0.6) is 5.75 Å². The van der Waals surface area contributed by atoms with Crippen molar-refractivity contribution in [2.75, 3.05) is 39.3 Å². The number of ether oxygens (including phenoxy) is 1. The second-order valence-electron chi connectivity index (χ2n) is 4.68. The smallest absolute Gasteiger partial charge is 0.125 e. The monoisotopic (exact) mass is 328 g/mol. The molecule has 4 nitrogen and oxygen atoms in total. The molecule has 1 atom stereocenters. The van der Waals surface area contributed by atoms with Crippen molar-refractivity contribution in [3.05, 3.63) is 28.2 Å². The normalized spacial score (nSPS) is 18.3. The van der Waals surface area contributed by atoms with Crippen molar-refractivity contribution in [3.63, 3.8) is 0 Å². The Kier molecular flexibility index (Phi) is 5.63. The van der Waals surface area contributed by atoms with Crippen LogP contribution >= 0.6 is 15.9 Å². The summed E-state index contributed by atoms with van der Waals surface area (Å²) < 4.78 is 6.55. The van der Waals surface area contributed by atoms with Crippen LogP contribution in [-0.4, -0.2) is 49.3 Å². The summed E-state index contributed by atoms with van der Waals surface area (Å²) >= 11 is 3.45. The summed E-state index contributed by atoms with van der Waals surface area (Å²) in [7, 11) is 0. The highest BCUT2D eigenvalue weighted by atomic mass is 79.9. The van der Waals surface area contributed by atoms with Gasteiger partial charge in [0.15, 0.2) is 0 Å². The van der Waals surface area contributed by atoms with Gasteiger partial charge in [-0.05, 0) is 25.1 Å². The summed E-state index contributed by atoms with van der Waals surface area (Å²) in [5.74, 6) is 0.772. The van der Waals surface area contributed by atoms with Gasteiger partial charge in [-0.25, -0.2) is 0 Å². The fourth-order valence-corrected chi connectivity index (χ4v) is 2.68. The predicted molar refractivity (Wildman–Crippen MR) is 79.6 cm³/mol. The predicted octanol–water partition coefficient (Wildman–Crippen LogP) is 1.79. The van der Waals surface area contributed by atoms with E-state index < -0.39 is 6.10 Å². The molecule has 0 aliphatic carbocycles. The molecule has 0 saturated carbocycles. The number of β-amino-alcohol motifs (C(OH)–C–C–N with tert-alkyl or cyclic N) is 1. The number of nitrogens with zero attached hydrogens (tertiary/aromatic N) is 1. The molecule has 5 heteroatoms. The summed E-state index contributed by atoms with van der Waals surface area (Å²) in [6, 6.07) is 5.79. The third-order valence-electron chi connectivity index (χ3n) is 3.27. The third-order valence-corrected chi connectivity index (χ3v) is 3.76. The molecule has 1 aromatic rings. The fourth-order valence-electron chi connectivity index (χ4n) is 2.30. The van der Waals surface area contributed by atoms with Crippen molar-refractivity contribution in [1.82, 2.24) is 10.2 Å². The number of halogens is 1. The summed E-state index contributed by atoms with van der Waals surface area (Å²) in [6.45, 7) is 7.15. The Labute approximate surface area is 122 Å². The first kappa shape index (κ1) is 14.8. The highest BCUT2D eigenvalue weighted by Gasteiger charge is 2.19. The van der Waals surface area contributed by atoms with Crippen LogP contribution in [0.25, 0.3) is 0 Å². The van der Waals surface area contributed by atoms with Crippen LogP contribution < -0.4 is 10.1 Å². The zero-order chi connectivity index (χ0) is 13.7. The number of aliphatic hydroxyl groups is 1. The molecule has 1 aliphatic rings. The molecule has 1 heterocycles. The highest BCUT2D eigenvalue weighted by Crippen LogP contribution is 2.29. The molecule has 0 amide bonds. The Balaban J connectivity index is 2.07. The molecule has 1 fully saturated rings. The number of benzene rings is 1. The van der Waals surface area contributed by atoms with E-state index in [2.05, 4.69) is 26.1 Å². The van der Waals surface area contributed by atoms with Gasteiger partial charge in [-0.15, -0.1) is 0 Å². The molecule has 19 heavy (non-hydrogen) atoms. The second-order valence-corrected chi connectivity index (χ2v) is 5.60. The maximum Gasteiger partial charge on any atom is 0.125 e. The van der Waals surface area contributed by atoms with E-state index in [1.165, 1.54) is 0 Å². The van der Waals surface area contributed by atoms with Gasteiger partial charge in [-0.1, -0.05) is 15.9 Å². The Bertz CT molecular complexity index is 408. The van der Waals surface area contributed by atoms with Crippen molar-refractivity contribution in [2.45, 2.75) is 13.0 Å². The first-order valence-electron chi connectivity index (χ1n) is 6.74. The molecule has 0 radical (unpaired) electrons. The highest BCUT2D eigenvalue weighted by molar-refractivity contribution is 9.10. The Hall–Kier alpha value is -0.620. The van der Waals surface area contributed by atoms with E-state index in [-0.39, 0.29) is 0 Å². The van der Waals surface area contributed by atoms with Crippen LogP contribution in [0.2, 0.25) is 0 Å². The van der Waals surface area contributed by atoms with Crippen LogP contribution in [-0.2, 0) is 0 Å². The Morgan fingerprint density at radius 1 is 1.42 bits per heavy atom. The summed E-state index contributed by atoms with van der Waals surface area (Å²) in [6.07, 6.45) is -0.517. The van der Waals surface area contributed by atoms with Crippen LogP contribution in [0.4, 0.5) is 0 Å². The van der Waals surface area contributed by atoms with E-state index in [1.807, 2.05) is 25.1 Å². The van der Waals surface area contributed by atoms with Gasteiger partial charge in [0.2, 0.25) is 0 Å². The first-order chi connectivity index (χ1) is 9.20. The van der Waals surface area contributed by atoms with Crippen molar-refractivity contribution in [2.24, 2.45) is 0 Å². The molecule has 0 spiro atoms. The number of nitrogens with one attached hydrogen (secondary N) is 1. The van der Waals surface area contributed by atoms with Crippen LogP contribution in [0.15, 0.2) is 22.7 Å². The average molecular weight is 329 g/mol. The lowest BCUT2D eigenvalue weighted by Crippen LogP contribution is -2.45. The number of rotatable bonds is 5. The minimum Gasteiger partial charge on any atom is -0.493 e. The Morgan fingerprint density at radius 2 is 2.16 bits per heavy atom. The van der Waals surface area contributed by atoms with Crippen molar-refractivity contribution in [3.8, 4) is 5.75 Å². The van der Waals surface area contributed by atoms with Gasteiger partial charge in [0.05, 0.1) is 12.7 Å². The third kappa shape index (κ3) is 4.18. The van der Waals surface area contributed by atoms with E-state index in [0.717, 1.165) is 42.0 Å².